The Morgan fingerprint density at radius 2 is 1.78 bits per heavy atom. The van der Waals surface area contributed by atoms with Crippen LogP contribution in [0, 0.1) is 20.8 Å². The van der Waals surface area contributed by atoms with Crippen LogP contribution in [-0.4, -0.2) is 41.1 Å². The molecular weight excluding hydrogens is 316 g/mol. The highest BCUT2D eigenvalue weighted by Crippen LogP contribution is 2.31. The summed E-state index contributed by atoms with van der Waals surface area (Å²) in [5.74, 6) is 1.84. The number of nitrogens with zero attached hydrogens (tertiary/aromatic N) is 4. The number of benzene rings is 1. The van der Waals surface area contributed by atoms with Crippen molar-refractivity contribution in [3.8, 4) is 5.75 Å². The molecule has 0 spiro atoms. The number of ether oxygens (including phenoxy) is 1. The number of aryl methyl sites for hydroxylation is 3. The number of hydrogen-bond acceptors (Lipinski definition) is 5. The van der Waals surface area contributed by atoms with Crippen LogP contribution in [0.2, 0.25) is 0 Å². The van der Waals surface area contributed by atoms with E-state index in [9.17, 15) is 8.42 Å². The summed E-state index contributed by atoms with van der Waals surface area (Å²) in [5.41, 5.74) is 1.91. The zero-order valence-electron chi connectivity index (χ0n) is 13.7. The van der Waals surface area contributed by atoms with E-state index in [0.717, 1.165) is 17.0 Å². The van der Waals surface area contributed by atoms with Crippen LogP contribution in [0.4, 0.5) is 0 Å². The molecular formula is C15H20N4O3S. The molecule has 0 amide bonds. The van der Waals surface area contributed by atoms with Gasteiger partial charge in [0.2, 0.25) is 10.0 Å². The third-order valence-electron chi connectivity index (χ3n) is 4.30. The number of hydrogen-bond donors (Lipinski definition) is 0. The van der Waals surface area contributed by atoms with Crippen LogP contribution in [0.5, 0.6) is 5.75 Å². The van der Waals surface area contributed by atoms with E-state index in [1.165, 1.54) is 11.4 Å². The summed E-state index contributed by atoms with van der Waals surface area (Å²) in [7, 11) is -2.16. The van der Waals surface area contributed by atoms with Crippen LogP contribution < -0.4 is 4.74 Å². The van der Waals surface area contributed by atoms with Crippen LogP contribution in [0.15, 0.2) is 17.0 Å². The topological polar surface area (TPSA) is 77.3 Å². The predicted molar refractivity (Wildman–Crippen MR) is 84.8 cm³/mol. The quantitative estimate of drug-likeness (QED) is 0.847. The maximum Gasteiger partial charge on any atom is 0.247 e. The molecule has 0 aliphatic carbocycles. The Morgan fingerprint density at radius 1 is 1.09 bits per heavy atom. The molecule has 124 valence electrons. The largest absolute Gasteiger partial charge is 0.495 e. The fourth-order valence-electron chi connectivity index (χ4n) is 2.75. The second-order valence-corrected chi connectivity index (χ2v) is 7.65. The monoisotopic (exact) mass is 336 g/mol. The molecule has 3 rings (SSSR count). The minimum atomic E-state index is -3.65. The van der Waals surface area contributed by atoms with E-state index >= 15 is 0 Å². The molecule has 0 fully saturated rings. The predicted octanol–water partition coefficient (Wildman–Crippen LogP) is 1.42. The highest BCUT2D eigenvalue weighted by Gasteiger charge is 2.32. The Morgan fingerprint density at radius 3 is 2.48 bits per heavy atom. The van der Waals surface area contributed by atoms with E-state index in [4.69, 9.17) is 4.74 Å². The molecule has 0 atom stereocenters. The van der Waals surface area contributed by atoms with Crippen molar-refractivity contribution in [1.82, 2.24) is 19.1 Å². The third-order valence-corrected chi connectivity index (χ3v) is 6.17. The van der Waals surface area contributed by atoms with Crippen molar-refractivity contribution in [3.63, 3.8) is 0 Å². The van der Waals surface area contributed by atoms with Crippen molar-refractivity contribution >= 4 is 10.0 Å². The highest BCUT2D eigenvalue weighted by atomic mass is 32.2. The lowest BCUT2D eigenvalue weighted by Gasteiger charge is -2.27. The van der Waals surface area contributed by atoms with Gasteiger partial charge in [0.15, 0.2) is 0 Å². The van der Waals surface area contributed by atoms with Crippen LogP contribution >= 0.6 is 0 Å². The molecule has 0 saturated carbocycles. The minimum Gasteiger partial charge on any atom is -0.495 e. The van der Waals surface area contributed by atoms with E-state index in [2.05, 4.69) is 10.2 Å². The summed E-state index contributed by atoms with van der Waals surface area (Å²) in [6.07, 6.45) is 0. The Kier molecular flexibility index (Phi) is 3.89. The number of sulfonamides is 1. The van der Waals surface area contributed by atoms with Gasteiger partial charge < -0.3 is 9.30 Å². The van der Waals surface area contributed by atoms with Crippen LogP contribution in [0.25, 0.3) is 0 Å². The van der Waals surface area contributed by atoms with Gasteiger partial charge in [-0.25, -0.2) is 8.42 Å². The molecule has 2 heterocycles. The Balaban J connectivity index is 2.02. The van der Waals surface area contributed by atoms with Gasteiger partial charge in [0.05, 0.1) is 13.7 Å². The lowest BCUT2D eigenvalue weighted by atomic mass is 10.1. The molecule has 8 heteroatoms. The summed E-state index contributed by atoms with van der Waals surface area (Å²) < 4.78 is 34.7. The maximum atomic E-state index is 13.0. The van der Waals surface area contributed by atoms with E-state index < -0.39 is 10.0 Å². The van der Waals surface area contributed by atoms with Gasteiger partial charge in [-0.05, 0) is 44.0 Å². The van der Waals surface area contributed by atoms with E-state index in [-0.39, 0.29) is 11.4 Å². The molecule has 1 aliphatic heterocycles. The molecule has 2 aromatic rings. The average Bonchev–Trinajstić information content (AvgIpc) is 2.90. The second-order valence-electron chi connectivity index (χ2n) is 5.74. The number of rotatable bonds is 3. The summed E-state index contributed by atoms with van der Waals surface area (Å²) in [5, 5.41) is 8.08. The van der Waals surface area contributed by atoms with E-state index in [1.54, 1.807) is 12.1 Å². The van der Waals surface area contributed by atoms with Gasteiger partial charge in [-0.15, -0.1) is 10.2 Å². The zero-order valence-corrected chi connectivity index (χ0v) is 14.5. The molecule has 1 aliphatic rings. The molecule has 0 N–H and O–H groups in total. The van der Waals surface area contributed by atoms with Crippen molar-refractivity contribution in [2.45, 2.75) is 38.8 Å². The second kappa shape index (κ2) is 5.61. The van der Waals surface area contributed by atoms with Crippen molar-refractivity contribution < 1.29 is 13.2 Å². The maximum absolute atomic E-state index is 13.0. The Bertz CT molecular complexity index is 858. The summed E-state index contributed by atoms with van der Waals surface area (Å²) in [6, 6.07) is 3.44. The SMILES string of the molecule is COc1cc(C)c(C)cc1S(=O)(=O)N1CCn2c(C)nnc2C1. The van der Waals surface area contributed by atoms with Crippen LogP contribution in [0.1, 0.15) is 22.8 Å². The fourth-order valence-corrected chi connectivity index (χ4v) is 4.36. The first-order valence-electron chi connectivity index (χ1n) is 7.38. The average molecular weight is 336 g/mol. The van der Waals surface area contributed by atoms with Crippen LogP contribution in [-0.2, 0) is 23.1 Å². The van der Waals surface area contributed by atoms with Gasteiger partial charge in [0, 0.05) is 13.1 Å². The lowest BCUT2D eigenvalue weighted by molar-refractivity contribution is 0.330. The number of aromatic nitrogens is 3. The summed E-state index contributed by atoms with van der Waals surface area (Å²) >= 11 is 0. The minimum absolute atomic E-state index is 0.202. The first kappa shape index (κ1) is 15.9. The standard InChI is InChI=1S/C15H20N4O3S/c1-10-7-13(22-4)14(8-11(10)2)23(20,21)18-5-6-19-12(3)16-17-15(19)9-18/h7-8H,5-6,9H2,1-4H3. The van der Waals surface area contributed by atoms with Gasteiger partial charge in [0.1, 0.15) is 22.3 Å². The van der Waals surface area contributed by atoms with Crippen molar-refractivity contribution in [3.05, 3.63) is 34.9 Å². The smallest absolute Gasteiger partial charge is 0.247 e. The fraction of sp³-hybridized carbons (Fsp3) is 0.467. The first-order valence-corrected chi connectivity index (χ1v) is 8.82. The molecule has 1 aromatic carbocycles. The van der Waals surface area contributed by atoms with Crippen LogP contribution in [0.3, 0.4) is 0 Å². The van der Waals surface area contributed by atoms with Gasteiger partial charge >= 0.3 is 0 Å². The molecule has 1 aromatic heterocycles. The van der Waals surface area contributed by atoms with Gasteiger partial charge in [-0.1, -0.05) is 0 Å². The summed E-state index contributed by atoms with van der Waals surface area (Å²) in [6.45, 7) is 6.86. The highest BCUT2D eigenvalue weighted by molar-refractivity contribution is 7.89. The van der Waals surface area contributed by atoms with Crippen molar-refractivity contribution in [1.29, 1.82) is 0 Å². The lowest BCUT2D eigenvalue weighted by Crippen LogP contribution is -2.38. The van der Waals surface area contributed by atoms with Gasteiger partial charge in [0.25, 0.3) is 0 Å². The van der Waals surface area contributed by atoms with E-state index in [1.807, 2.05) is 25.3 Å². The Labute approximate surface area is 135 Å². The molecule has 7 nitrogen and oxygen atoms in total. The van der Waals surface area contributed by atoms with Gasteiger partial charge in [-0.3, -0.25) is 0 Å². The van der Waals surface area contributed by atoms with E-state index in [0.29, 0.717) is 24.7 Å². The number of fused-ring (bicyclic) bond motifs is 1. The van der Waals surface area contributed by atoms with Crippen molar-refractivity contribution in [2.24, 2.45) is 0 Å². The zero-order chi connectivity index (χ0) is 16.8. The normalized spacial score (nSPS) is 15.5. The summed E-state index contributed by atoms with van der Waals surface area (Å²) in [4.78, 5) is 0.202. The molecule has 0 bridgehead atoms. The molecule has 23 heavy (non-hydrogen) atoms. The molecule has 0 saturated heterocycles. The van der Waals surface area contributed by atoms with Gasteiger partial charge in [-0.2, -0.15) is 4.31 Å². The molecule has 0 unspecified atom stereocenters. The first-order chi connectivity index (χ1) is 10.8. The molecule has 0 radical (unpaired) electrons. The van der Waals surface area contributed by atoms with Crippen molar-refractivity contribution in [2.75, 3.05) is 13.7 Å². The third kappa shape index (κ3) is 2.61. The Hall–Kier alpha value is -1.93. The number of methoxy groups -OCH3 is 1.